The monoisotopic (exact) mass is 421 g/mol. The van der Waals surface area contributed by atoms with Crippen LogP contribution in [0.4, 0.5) is 4.79 Å². The van der Waals surface area contributed by atoms with Crippen LogP contribution in [0.25, 0.3) is 0 Å². The predicted octanol–water partition coefficient (Wildman–Crippen LogP) is 2.81. The lowest BCUT2D eigenvalue weighted by atomic mass is 9.98. The zero-order valence-corrected chi connectivity index (χ0v) is 17.5. The van der Waals surface area contributed by atoms with Crippen LogP contribution in [0.15, 0.2) is 18.2 Å². The number of carbonyl (C=O) groups is 4. The van der Waals surface area contributed by atoms with E-state index >= 15 is 0 Å². The van der Waals surface area contributed by atoms with Gasteiger partial charge in [0.05, 0.1) is 36.9 Å². The molecule has 0 saturated carbocycles. The molecule has 1 heterocycles. The van der Waals surface area contributed by atoms with Gasteiger partial charge in [0, 0.05) is 13.1 Å². The number of esters is 3. The molecular formula is C21H27NO8. The van der Waals surface area contributed by atoms with Crippen molar-refractivity contribution >= 4 is 24.0 Å². The number of benzene rings is 1. The molecule has 0 aromatic heterocycles. The lowest BCUT2D eigenvalue weighted by Gasteiger charge is -2.30. The molecule has 9 heteroatoms. The predicted molar refractivity (Wildman–Crippen MR) is 105 cm³/mol. The lowest BCUT2D eigenvalue weighted by molar-refractivity contribution is -0.140. The second kappa shape index (κ2) is 11.2. The van der Waals surface area contributed by atoms with E-state index in [2.05, 4.69) is 0 Å². The van der Waals surface area contributed by atoms with Gasteiger partial charge >= 0.3 is 24.0 Å². The third kappa shape index (κ3) is 6.20. The highest BCUT2D eigenvalue weighted by molar-refractivity contribution is 5.96. The van der Waals surface area contributed by atoms with E-state index in [1.54, 1.807) is 20.8 Å². The van der Waals surface area contributed by atoms with E-state index < -0.39 is 29.9 Å². The summed E-state index contributed by atoms with van der Waals surface area (Å²) in [5.74, 6) is -2.36. The first kappa shape index (κ1) is 23.2. The fourth-order valence-corrected chi connectivity index (χ4v) is 3.07. The SMILES string of the molecule is CCOC(=O)c1cc(OC(=O)[C@@H]2CCCN(C(=O)OCC)C2)cc(C(=O)OCC)c1. The van der Waals surface area contributed by atoms with Crippen LogP contribution >= 0.6 is 0 Å². The Hall–Kier alpha value is -3.10. The van der Waals surface area contributed by atoms with Crippen molar-refractivity contribution in [3.05, 3.63) is 29.3 Å². The van der Waals surface area contributed by atoms with E-state index in [1.807, 2.05) is 0 Å². The van der Waals surface area contributed by atoms with Gasteiger partial charge < -0.3 is 23.8 Å². The van der Waals surface area contributed by atoms with Gasteiger partial charge in [-0.15, -0.1) is 0 Å². The maximum absolute atomic E-state index is 12.7. The molecule has 0 spiro atoms. The Morgan fingerprint density at radius 1 is 0.900 bits per heavy atom. The molecule has 0 radical (unpaired) electrons. The van der Waals surface area contributed by atoms with Gasteiger partial charge in [0.15, 0.2) is 0 Å². The quantitative estimate of drug-likeness (QED) is 0.376. The third-order valence-electron chi connectivity index (χ3n) is 4.43. The Balaban J connectivity index is 2.18. The number of nitrogens with zero attached hydrogens (tertiary/aromatic N) is 1. The van der Waals surface area contributed by atoms with Crippen molar-refractivity contribution in [3.63, 3.8) is 0 Å². The maximum Gasteiger partial charge on any atom is 0.409 e. The molecule has 9 nitrogen and oxygen atoms in total. The van der Waals surface area contributed by atoms with Crippen molar-refractivity contribution in [2.24, 2.45) is 5.92 Å². The number of piperidine rings is 1. The molecular weight excluding hydrogens is 394 g/mol. The van der Waals surface area contributed by atoms with Crippen molar-refractivity contribution < 1.29 is 38.1 Å². The van der Waals surface area contributed by atoms with Gasteiger partial charge in [-0.2, -0.15) is 0 Å². The molecule has 164 valence electrons. The summed E-state index contributed by atoms with van der Waals surface area (Å²) in [7, 11) is 0. The van der Waals surface area contributed by atoms with Crippen LogP contribution in [-0.2, 0) is 19.0 Å². The largest absolute Gasteiger partial charge is 0.462 e. The standard InChI is InChI=1S/C21H27NO8/c1-4-27-18(23)15-10-16(19(24)28-5-2)12-17(11-15)30-20(25)14-8-7-9-22(13-14)21(26)29-6-3/h10-12,14H,4-9,13H2,1-3H3/t14-/m1/s1. The topological polar surface area (TPSA) is 108 Å². The van der Waals surface area contributed by atoms with E-state index in [0.29, 0.717) is 19.4 Å². The molecule has 2 rings (SSSR count). The molecule has 1 aliphatic heterocycles. The highest BCUT2D eigenvalue weighted by Gasteiger charge is 2.31. The van der Waals surface area contributed by atoms with Gasteiger partial charge in [0.25, 0.3) is 0 Å². The van der Waals surface area contributed by atoms with Crippen LogP contribution in [0.2, 0.25) is 0 Å². The van der Waals surface area contributed by atoms with E-state index in [9.17, 15) is 19.2 Å². The van der Waals surface area contributed by atoms with Crippen LogP contribution in [0.1, 0.15) is 54.3 Å². The molecule has 0 bridgehead atoms. The molecule has 1 aromatic rings. The van der Waals surface area contributed by atoms with Gasteiger partial charge in [-0.25, -0.2) is 14.4 Å². The average Bonchev–Trinajstić information content (AvgIpc) is 2.74. The van der Waals surface area contributed by atoms with E-state index in [4.69, 9.17) is 18.9 Å². The molecule has 1 fully saturated rings. The van der Waals surface area contributed by atoms with Gasteiger partial charge in [-0.1, -0.05) is 0 Å². The number of hydrogen-bond acceptors (Lipinski definition) is 8. The van der Waals surface area contributed by atoms with Crippen molar-refractivity contribution in [2.75, 3.05) is 32.9 Å². The highest BCUT2D eigenvalue weighted by Crippen LogP contribution is 2.23. The first-order chi connectivity index (χ1) is 14.4. The van der Waals surface area contributed by atoms with Crippen LogP contribution in [0.5, 0.6) is 5.75 Å². The zero-order valence-electron chi connectivity index (χ0n) is 17.5. The summed E-state index contributed by atoms with van der Waals surface area (Å²) in [4.78, 5) is 50.3. The first-order valence-corrected chi connectivity index (χ1v) is 10.0. The molecule has 30 heavy (non-hydrogen) atoms. The fourth-order valence-electron chi connectivity index (χ4n) is 3.07. The Labute approximate surface area is 175 Å². The van der Waals surface area contributed by atoms with E-state index in [1.165, 1.54) is 23.1 Å². The smallest absolute Gasteiger partial charge is 0.409 e. The Morgan fingerprint density at radius 2 is 1.47 bits per heavy atom. The minimum absolute atomic E-state index is 0.0295. The summed E-state index contributed by atoms with van der Waals surface area (Å²) in [5, 5.41) is 0. The molecule has 1 saturated heterocycles. The Kier molecular flexibility index (Phi) is 8.64. The number of rotatable bonds is 7. The number of ether oxygens (including phenoxy) is 4. The molecule has 1 aromatic carbocycles. The van der Waals surface area contributed by atoms with Crippen LogP contribution < -0.4 is 4.74 Å². The first-order valence-electron chi connectivity index (χ1n) is 10.0. The van der Waals surface area contributed by atoms with Crippen LogP contribution in [0, 0.1) is 5.92 Å². The minimum atomic E-state index is -0.646. The lowest BCUT2D eigenvalue weighted by Crippen LogP contribution is -2.43. The summed E-state index contributed by atoms with van der Waals surface area (Å²) in [6.07, 6.45) is 0.718. The summed E-state index contributed by atoms with van der Waals surface area (Å²) in [6, 6.07) is 4.01. The van der Waals surface area contributed by atoms with Crippen LogP contribution in [0.3, 0.4) is 0 Å². The Bertz CT molecular complexity index is 755. The van der Waals surface area contributed by atoms with Crippen molar-refractivity contribution in [1.82, 2.24) is 4.90 Å². The number of carbonyl (C=O) groups excluding carboxylic acids is 4. The van der Waals surface area contributed by atoms with Crippen molar-refractivity contribution in [3.8, 4) is 5.75 Å². The summed E-state index contributed by atoms with van der Waals surface area (Å²) < 4.78 is 20.4. The van der Waals surface area contributed by atoms with Gasteiger partial charge in [-0.3, -0.25) is 4.79 Å². The van der Waals surface area contributed by atoms with E-state index in [-0.39, 0.29) is 43.2 Å². The number of hydrogen-bond donors (Lipinski definition) is 0. The maximum atomic E-state index is 12.7. The zero-order chi connectivity index (χ0) is 22.1. The number of amides is 1. The second-order valence-corrected chi connectivity index (χ2v) is 6.59. The molecule has 0 N–H and O–H groups in total. The molecule has 0 unspecified atom stereocenters. The van der Waals surface area contributed by atoms with Crippen molar-refractivity contribution in [1.29, 1.82) is 0 Å². The van der Waals surface area contributed by atoms with Gasteiger partial charge in [0.1, 0.15) is 5.75 Å². The molecule has 0 aliphatic carbocycles. The number of likely N-dealkylation sites (tertiary alicyclic amines) is 1. The summed E-state index contributed by atoms with van der Waals surface area (Å²) in [5.41, 5.74) is 0.143. The highest BCUT2D eigenvalue weighted by atomic mass is 16.6. The normalized spacial score (nSPS) is 15.8. The summed E-state index contributed by atoms with van der Waals surface area (Å²) >= 11 is 0. The molecule has 1 aliphatic rings. The molecule has 1 atom stereocenters. The average molecular weight is 421 g/mol. The summed E-state index contributed by atoms with van der Waals surface area (Å²) in [6.45, 7) is 6.28. The van der Waals surface area contributed by atoms with Gasteiger partial charge in [0.2, 0.25) is 0 Å². The van der Waals surface area contributed by atoms with E-state index in [0.717, 1.165) is 0 Å². The minimum Gasteiger partial charge on any atom is -0.462 e. The second-order valence-electron chi connectivity index (χ2n) is 6.59. The van der Waals surface area contributed by atoms with Gasteiger partial charge in [-0.05, 0) is 51.8 Å². The van der Waals surface area contributed by atoms with Crippen LogP contribution in [-0.4, -0.2) is 61.8 Å². The Morgan fingerprint density at radius 3 is 2.00 bits per heavy atom. The third-order valence-corrected chi connectivity index (χ3v) is 4.43. The molecule has 1 amide bonds. The van der Waals surface area contributed by atoms with Crippen molar-refractivity contribution in [2.45, 2.75) is 33.6 Å². The fraction of sp³-hybridized carbons (Fsp3) is 0.524.